The molecular formula is C32H33Cl2NO7. The van der Waals surface area contributed by atoms with E-state index in [0.717, 1.165) is 51.4 Å². The van der Waals surface area contributed by atoms with Gasteiger partial charge in [0.15, 0.2) is 23.0 Å². The molecule has 0 aliphatic heterocycles. The molecule has 1 aromatic heterocycles. The summed E-state index contributed by atoms with van der Waals surface area (Å²) < 4.78 is 29.4. The van der Waals surface area contributed by atoms with Gasteiger partial charge < -0.3 is 28.7 Å². The SMILES string of the molecule is COc1ccc(C(=O)O/C(=C\c2c(Cl)c[nH]c(=O)c2Cl)c2ccc(OC)c(OC3CCCC3)c2)cc1OC1CCCC1. The maximum atomic E-state index is 13.6. The number of rotatable bonds is 10. The Bertz CT molecular complexity index is 1520. The van der Waals surface area contributed by atoms with Crippen molar-refractivity contribution < 1.29 is 28.5 Å². The smallest absolute Gasteiger partial charge is 0.343 e. The number of benzene rings is 2. The first-order chi connectivity index (χ1) is 20.4. The second kappa shape index (κ2) is 13.6. The predicted octanol–water partition coefficient (Wildman–Crippen LogP) is 7.70. The van der Waals surface area contributed by atoms with Crippen LogP contribution in [0.4, 0.5) is 0 Å². The zero-order chi connectivity index (χ0) is 29.6. The Kier molecular flexibility index (Phi) is 9.65. The van der Waals surface area contributed by atoms with Gasteiger partial charge in [-0.05, 0) is 93.8 Å². The van der Waals surface area contributed by atoms with Gasteiger partial charge in [-0.15, -0.1) is 0 Å². The van der Waals surface area contributed by atoms with Crippen molar-refractivity contribution in [3.8, 4) is 23.0 Å². The standard InChI is InChI=1S/C32H33Cl2NO7/c1-38-25-13-11-19(15-28(25)40-21-7-3-4-8-21)27(17-23-24(33)18-35-31(36)30(23)34)42-32(37)20-12-14-26(39-2)29(16-20)41-22-9-5-6-10-22/h11-18,21-22H,3-10H2,1-2H3,(H,35,36)/b27-17-. The quantitative estimate of drug-likeness (QED) is 0.185. The Hall–Kier alpha value is -3.62. The first-order valence-electron chi connectivity index (χ1n) is 14.1. The highest BCUT2D eigenvalue weighted by Gasteiger charge is 2.23. The summed E-state index contributed by atoms with van der Waals surface area (Å²) in [6.45, 7) is 0. The molecule has 10 heteroatoms. The fraction of sp³-hybridized carbons (Fsp3) is 0.375. The Morgan fingerprint density at radius 2 is 1.33 bits per heavy atom. The van der Waals surface area contributed by atoms with Crippen molar-refractivity contribution in [3.05, 3.63) is 79.7 Å². The normalized spacial score (nSPS) is 16.0. The maximum absolute atomic E-state index is 13.6. The van der Waals surface area contributed by atoms with Gasteiger partial charge in [-0.25, -0.2) is 4.79 Å². The number of halogens is 2. The average molecular weight is 615 g/mol. The van der Waals surface area contributed by atoms with E-state index in [0.29, 0.717) is 28.6 Å². The van der Waals surface area contributed by atoms with Gasteiger partial charge in [0.2, 0.25) is 0 Å². The Balaban J connectivity index is 1.52. The summed E-state index contributed by atoms with van der Waals surface area (Å²) >= 11 is 12.7. The molecule has 42 heavy (non-hydrogen) atoms. The number of hydrogen-bond acceptors (Lipinski definition) is 7. The van der Waals surface area contributed by atoms with Crippen LogP contribution in [0, 0.1) is 0 Å². The van der Waals surface area contributed by atoms with Crippen LogP contribution in [-0.2, 0) is 4.74 Å². The monoisotopic (exact) mass is 613 g/mol. The third-order valence-corrected chi connectivity index (χ3v) is 8.23. The maximum Gasteiger partial charge on any atom is 0.343 e. The number of carbonyl (C=O) groups excluding carboxylic acids is 1. The lowest BCUT2D eigenvalue weighted by atomic mass is 10.1. The fourth-order valence-corrected chi connectivity index (χ4v) is 5.74. The van der Waals surface area contributed by atoms with Gasteiger partial charge in [0.25, 0.3) is 5.56 Å². The van der Waals surface area contributed by atoms with Crippen molar-refractivity contribution in [2.45, 2.75) is 63.6 Å². The van der Waals surface area contributed by atoms with Crippen molar-refractivity contribution in [2.75, 3.05) is 14.2 Å². The molecule has 1 heterocycles. The first kappa shape index (κ1) is 29.9. The van der Waals surface area contributed by atoms with Crippen molar-refractivity contribution in [3.63, 3.8) is 0 Å². The number of aromatic amines is 1. The van der Waals surface area contributed by atoms with E-state index in [-0.39, 0.29) is 39.1 Å². The molecule has 1 N–H and O–H groups in total. The lowest BCUT2D eigenvalue weighted by Gasteiger charge is -2.18. The van der Waals surface area contributed by atoms with E-state index in [2.05, 4.69) is 4.98 Å². The molecule has 2 aliphatic rings. The van der Waals surface area contributed by atoms with Crippen LogP contribution in [0.25, 0.3) is 11.8 Å². The lowest BCUT2D eigenvalue weighted by Crippen LogP contribution is -2.13. The van der Waals surface area contributed by atoms with Crippen molar-refractivity contribution in [1.29, 1.82) is 0 Å². The van der Waals surface area contributed by atoms with Crippen molar-refractivity contribution in [1.82, 2.24) is 4.98 Å². The number of carbonyl (C=O) groups is 1. The highest BCUT2D eigenvalue weighted by Crippen LogP contribution is 2.37. The van der Waals surface area contributed by atoms with Crippen molar-refractivity contribution >= 4 is 41.0 Å². The van der Waals surface area contributed by atoms with Crippen LogP contribution >= 0.6 is 23.2 Å². The highest BCUT2D eigenvalue weighted by molar-refractivity contribution is 6.37. The van der Waals surface area contributed by atoms with E-state index in [1.165, 1.54) is 12.3 Å². The molecule has 8 nitrogen and oxygen atoms in total. The number of pyridine rings is 1. The molecule has 5 rings (SSSR count). The van der Waals surface area contributed by atoms with Gasteiger partial charge in [-0.1, -0.05) is 23.2 Å². The molecule has 0 atom stereocenters. The molecule has 0 unspecified atom stereocenters. The number of nitrogens with one attached hydrogen (secondary N) is 1. The highest BCUT2D eigenvalue weighted by atomic mass is 35.5. The third-order valence-electron chi connectivity index (χ3n) is 7.54. The molecule has 0 bridgehead atoms. The number of ether oxygens (including phenoxy) is 5. The second-order valence-corrected chi connectivity index (χ2v) is 11.2. The average Bonchev–Trinajstić information content (AvgIpc) is 3.71. The molecule has 222 valence electrons. The Morgan fingerprint density at radius 1 is 0.810 bits per heavy atom. The summed E-state index contributed by atoms with van der Waals surface area (Å²) in [6.07, 6.45) is 11.1. The van der Waals surface area contributed by atoms with Gasteiger partial charge in [0, 0.05) is 17.3 Å². The van der Waals surface area contributed by atoms with Gasteiger partial charge >= 0.3 is 5.97 Å². The van der Waals surface area contributed by atoms with E-state index in [4.69, 9.17) is 46.9 Å². The summed E-state index contributed by atoms with van der Waals surface area (Å²) in [4.78, 5) is 28.3. The van der Waals surface area contributed by atoms with Crippen LogP contribution in [0.15, 0.2) is 47.4 Å². The molecule has 0 amide bonds. The molecule has 2 aliphatic carbocycles. The zero-order valence-corrected chi connectivity index (χ0v) is 25.1. The number of esters is 1. The van der Waals surface area contributed by atoms with Crippen LogP contribution in [-0.4, -0.2) is 37.4 Å². The van der Waals surface area contributed by atoms with E-state index >= 15 is 0 Å². The van der Waals surface area contributed by atoms with Gasteiger partial charge in [-0.3, -0.25) is 4.79 Å². The Morgan fingerprint density at radius 3 is 1.88 bits per heavy atom. The molecule has 2 saturated carbocycles. The topological polar surface area (TPSA) is 96.1 Å². The minimum Gasteiger partial charge on any atom is -0.493 e. The molecule has 0 radical (unpaired) electrons. The molecule has 2 fully saturated rings. The molecule has 0 spiro atoms. The molecule has 0 saturated heterocycles. The zero-order valence-electron chi connectivity index (χ0n) is 23.5. The van der Waals surface area contributed by atoms with Crippen LogP contribution in [0.1, 0.15) is 72.9 Å². The fourth-order valence-electron chi connectivity index (χ4n) is 5.28. The van der Waals surface area contributed by atoms with Crippen LogP contribution in [0.2, 0.25) is 10.0 Å². The second-order valence-electron chi connectivity index (χ2n) is 10.4. The van der Waals surface area contributed by atoms with Crippen LogP contribution in [0.3, 0.4) is 0 Å². The number of aromatic nitrogens is 1. The summed E-state index contributed by atoms with van der Waals surface area (Å²) in [7, 11) is 3.12. The molecule has 3 aromatic rings. The Labute approximate surface area is 254 Å². The summed E-state index contributed by atoms with van der Waals surface area (Å²) in [5, 5.41) is 0.0458. The van der Waals surface area contributed by atoms with E-state index in [1.807, 2.05) is 0 Å². The minimum absolute atomic E-state index is 0.0679. The first-order valence-corrected chi connectivity index (χ1v) is 14.8. The van der Waals surface area contributed by atoms with Crippen LogP contribution in [0.5, 0.6) is 23.0 Å². The predicted molar refractivity (Wildman–Crippen MR) is 162 cm³/mol. The third kappa shape index (κ3) is 6.88. The summed E-state index contributed by atoms with van der Waals surface area (Å²) in [5.74, 6) is 1.53. The minimum atomic E-state index is -0.647. The van der Waals surface area contributed by atoms with Gasteiger partial charge in [0.05, 0.1) is 37.0 Å². The molecular weight excluding hydrogens is 581 g/mol. The summed E-state index contributed by atoms with van der Waals surface area (Å²) in [5.41, 5.74) is 0.440. The van der Waals surface area contributed by atoms with E-state index in [9.17, 15) is 9.59 Å². The number of methoxy groups -OCH3 is 2. The lowest BCUT2D eigenvalue weighted by molar-refractivity contribution is 0.0692. The molecule has 2 aromatic carbocycles. The van der Waals surface area contributed by atoms with Crippen LogP contribution < -0.4 is 24.5 Å². The van der Waals surface area contributed by atoms with Crippen molar-refractivity contribution in [2.24, 2.45) is 0 Å². The van der Waals surface area contributed by atoms with E-state index < -0.39 is 11.5 Å². The van der Waals surface area contributed by atoms with Gasteiger partial charge in [-0.2, -0.15) is 0 Å². The van der Waals surface area contributed by atoms with Gasteiger partial charge in [0.1, 0.15) is 10.8 Å². The largest absolute Gasteiger partial charge is 0.493 e. The number of hydrogen-bond donors (Lipinski definition) is 1. The van der Waals surface area contributed by atoms with E-state index in [1.54, 1.807) is 50.6 Å². The summed E-state index contributed by atoms with van der Waals surface area (Å²) in [6, 6.07) is 10.1. The number of H-pyrrole nitrogens is 1.